The summed E-state index contributed by atoms with van der Waals surface area (Å²) in [6.07, 6.45) is 4.74. The maximum Gasteiger partial charge on any atom is 0.250 e. The molecule has 1 aromatic carbocycles. The second kappa shape index (κ2) is 7.25. The van der Waals surface area contributed by atoms with Crippen LogP contribution >= 0.6 is 11.8 Å². The van der Waals surface area contributed by atoms with Crippen molar-refractivity contribution >= 4 is 23.9 Å². The molecule has 0 unspecified atom stereocenters. The number of hydrazone groups is 1. The van der Waals surface area contributed by atoms with Crippen LogP contribution < -0.4 is 5.43 Å². The van der Waals surface area contributed by atoms with Crippen LogP contribution in [0.5, 0.6) is 5.75 Å². The number of carbonyl (C=O) groups excluding carboxylic acids is 1. The summed E-state index contributed by atoms with van der Waals surface area (Å²) in [5.41, 5.74) is 3.19. The summed E-state index contributed by atoms with van der Waals surface area (Å²) in [7, 11) is 0. The molecule has 20 heavy (non-hydrogen) atoms. The number of hydrogen-bond acceptors (Lipinski definition) is 6. The standard InChI is InChI=1S/C13H12N4O2S/c18-11-4-2-10(3-5-11)8-16-17-12(19)9-20-13-14-6-1-7-15-13/h1-8,18H,9H2,(H,17,19). The number of rotatable bonds is 5. The molecule has 0 atom stereocenters. The first-order valence-electron chi connectivity index (χ1n) is 5.75. The van der Waals surface area contributed by atoms with E-state index in [-0.39, 0.29) is 17.4 Å². The first kappa shape index (κ1) is 14.0. The third-order valence-corrected chi connectivity index (χ3v) is 3.05. The van der Waals surface area contributed by atoms with Crippen molar-refractivity contribution in [1.82, 2.24) is 15.4 Å². The van der Waals surface area contributed by atoms with E-state index in [1.807, 2.05) is 0 Å². The maximum absolute atomic E-state index is 11.5. The van der Waals surface area contributed by atoms with Crippen molar-refractivity contribution in [1.29, 1.82) is 0 Å². The van der Waals surface area contributed by atoms with Gasteiger partial charge in [-0.15, -0.1) is 0 Å². The highest BCUT2D eigenvalue weighted by Gasteiger charge is 2.02. The van der Waals surface area contributed by atoms with Crippen LogP contribution in [0.15, 0.2) is 53.0 Å². The number of phenolic OH excluding ortho intramolecular Hbond substituents is 1. The molecule has 0 radical (unpaired) electrons. The molecule has 2 N–H and O–H groups in total. The molecule has 7 heteroatoms. The monoisotopic (exact) mass is 288 g/mol. The number of benzene rings is 1. The van der Waals surface area contributed by atoms with Gasteiger partial charge in [0, 0.05) is 12.4 Å². The van der Waals surface area contributed by atoms with Crippen molar-refractivity contribution in [2.24, 2.45) is 5.10 Å². The van der Waals surface area contributed by atoms with Gasteiger partial charge in [-0.3, -0.25) is 4.79 Å². The van der Waals surface area contributed by atoms with Crippen molar-refractivity contribution in [3.05, 3.63) is 48.3 Å². The summed E-state index contributed by atoms with van der Waals surface area (Å²) in [5.74, 6) is 0.139. The fourth-order valence-electron chi connectivity index (χ4n) is 1.26. The van der Waals surface area contributed by atoms with Crippen LogP contribution in [0.1, 0.15) is 5.56 Å². The van der Waals surface area contributed by atoms with Crippen LogP contribution in [0.3, 0.4) is 0 Å². The Hall–Kier alpha value is -2.41. The molecule has 0 saturated carbocycles. The highest BCUT2D eigenvalue weighted by atomic mass is 32.2. The first-order chi connectivity index (χ1) is 9.74. The first-order valence-corrected chi connectivity index (χ1v) is 6.73. The highest BCUT2D eigenvalue weighted by Crippen LogP contribution is 2.10. The second-order valence-electron chi connectivity index (χ2n) is 3.70. The minimum atomic E-state index is -0.238. The third kappa shape index (κ3) is 4.69. The molecule has 0 aliphatic rings. The molecule has 0 spiro atoms. The Morgan fingerprint density at radius 3 is 2.70 bits per heavy atom. The molecule has 1 aromatic heterocycles. The average Bonchev–Trinajstić information content (AvgIpc) is 2.48. The molecule has 2 aromatic rings. The van der Waals surface area contributed by atoms with Crippen LogP contribution in [-0.4, -0.2) is 32.9 Å². The second-order valence-corrected chi connectivity index (χ2v) is 4.65. The van der Waals surface area contributed by atoms with Gasteiger partial charge in [0.2, 0.25) is 0 Å². The number of carbonyl (C=O) groups is 1. The zero-order valence-electron chi connectivity index (χ0n) is 10.4. The molecular weight excluding hydrogens is 276 g/mol. The predicted octanol–water partition coefficient (Wildman–Crippen LogP) is 1.42. The van der Waals surface area contributed by atoms with Gasteiger partial charge in [-0.2, -0.15) is 5.10 Å². The molecular formula is C13H12N4O2S. The lowest BCUT2D eigenvalue weighted by Crippen LogP contribution is -2.19. The van der Waals surface area contributed by atoms with E-state index >= 15 is 0 Å². The normalized spacial score (nSPS) is 10.6. The predicted molar refractivity (Wildman–Crippen MR) is 76.6 cm³/mol. The van der Waals surface area contributed by atoms with Gasteiger partial charge >= 0.3 is 0 Å². The third-order valence-electron chi connectivity index (χ3n) is 2.17. The molecule has 0 saturated heterocycles. The quantitative estimate of drug-likeness (QED) is 0.376. The topological polar surface area (TPSA) is 87.5 Å². The van der Waals surface area contributed by atoms with E-state index in [0.29, 0.717) is 5.16 Å². The van der Waals surface area contributed by atoms with Gasteiger partial charge < -0.3 is 5.11 Å². The van der Waals surface area contributed by atoms with Gasteiger partial charge in [-0.05, 0) is 35.9 Å². The summed E-state index contributed by atoms with van der Waals surface area (Å²) in [6, 6.07) is 8.19. The highest BCUT2D eigenvalue weighted by molar-refractivity contribution is 7.99. The average molecular weight is 288 g/mol. The smallest absolute Gasteiger partial charge is 0.250 e. The molecule has 0 bridgehead atoms. The lowest BCUT2D eigenvalue weighted by molar-refractivity contribution is -0.118. The van der Waals surface area contributed by atoms with E-state index in [9.17, 15) is 4.79 Å². The number of aromatic nitrogens is 2. The van der Waals surface area contributed by atoms with Gasteiger partial charge in [0.05, 0.1) is 12.0 Å². The molecule has 1 amide bonds. The molecule has 6 nitrogen and oxygen atoms in total. The molecule has 0 aliphatic carbocycles. The molecule has 0 fully saturated rings. The molecule has 102 valence electrons. The van der Waals surface area contributed by atoms with Gasteiger partial charge in [-0.25, -0.2) is 15.4 Å². The molecule has 0 aliphatic heterocycles. The number of hydrogen-bond donors (Lipinski definition) is 2. The largest absolute Gasteiger partial charge is 0.508 e. The van der Waals surface area contributed by atoms with Crippen molar-refractivity contribution in [3.8, 4) is 5.75 Å². The van der Waals surface area contributed by atoms with E-state index in [1.54, 1.807) is 42.7 Å². The van der Waals surface area contributed by atoms with E-state index in [2.05, 4.69) is 20.5 Å². The molecule has 1 heterocycles. The van der Waals surface area contributed by atoms with Crippen molar-refractivity contribution in [2.75, 3.05) is 5.75 Å². The Labute approximate surface area is 120 Å². The Morgan fingerprint density at radius 1 is 1.30 bits per heavy atom. The number of amides is 1. The minimum absolute atomic E-state index is 0.186. The van der Waals surface area contributed by atoms with Gasteiger partial charge in [-0.1, -0.05) is 11.8 Å². The SMILES string of the molecule is O=C(CSc1ncccn1)NN=Cc1ccc(O)cc1. The zero-order valence-corrected chi connectivity index (χ0v) is 11.2. The Kier molecular flexibility index (Phi) is 5.08. The number of nitrogens with one attached hydrogen (secondary N) is 1. The van der Waals surface area contributed by atoms with E-state index in [1.165, 1.54) is 18.0 Å². The van der Waals surface area contributed by atoms with E-state index < -0.39 is 0 Å². The van der Waals surface area contributed by atoms with E-state index in [4.69, 9.17) is 5.11 Å². The van der Waals surface area contributed by atoms with Gasteiger partial charge in [0.1, 0.15) is 5.75 Å². The van der Waals surface area contributed by atoms with Crippen LogP contribution in [0.2, 0.25) is 0 Å². The number of phenols is 1. The zero-order chi connectivity index (χ0) is 14.2. The molecule has 2 rings (SSSR count). The van der Waals surface area contributed by atoms with Gasteiger partial charge in [0.25, 0.3) is 5.91 Å². The van der Waals surface area contributed by atoms with Crippen LogP contribution in [0, 0.1) is 0 Å². The van der Waals surface area contributed by atoms with Crippen molar-refractivity contribution in [2.45, 2.75) is 5.16 Å². The van der Waals surface area contributed by atoms with Gasteiger partial charge in [0.15, 0.2) is 5.16 Å². The Morgan fingerprint density at radius 2 is 2.00 bits per heavy atom. The summed E-state index contributed by atoms with van der Waals surface area (Å²) in [4.78, 5) is 19.5. The summed E-state index contributed by atoms with van der Waals surface area (Å²) >= 11 is 1.24. The van der Waals surface area contributed by atoms with E-state index in [0.717, 1.165) is 5.56 Å². The number of aromatic hydroxyl groups is 1. The van der Waals surface area contributed by atoms with Crippen LogP contribution in [0.25, 0.3) is 0 Å². The summed E-state index contributed by atoms with van der Waals surface area (Å²) in [6.45, 7) is 0. The fourth-order valence-corrected chi connectivity index (χ4v) is 1.86. The van der Waals surface area contributed by atoms with Crippen LogP contribution in [-0.2, 0) is 4.79 Å². The van der Waals surface area contributed by atoms with Crippen LogP contribution in [0.4, 0.5) is 0 Å². The Balaban J connectivity index is 1.76. The maximum atomic E-state index is 11.5. The van der Waals surface area contributed by atoms with Crippen molar-refractivity contribution < 1.29 is 9.90 Å². The van der Waals surface area contributed by atoms with Crippen molar-refractivity contribution in [3.63, 3.8) is 0 Å². The lowest BCUT2D eigenvalue weighted by atomic mass is 10.2. The Bertz CT molecular complexity index is 587. The number of nitrogens with zero attached hydrogens (tertiary/aromatic N) is 3. The minimum Gasteiger partial charge on any atom is -0.508 e. The summed E-state index contributed by atoms with van der Waals surface area (Å²) in [5, 5.41) is 13.5. The number of thioether (sulfide) groups is 1. The fraction of sp³-hybridized carbons (Fsp3) is 0.0769. The lowest BCUT2D eigenvalue weighted by Gasteiger charge is -1.99. The summed E-state index contributed by atoms with van der Waals surface area (Å²) < 4.78 is 0.